The monoisotopic (exact) mass is 477 g/mol. The molecule has 1 unspecified atom stereocenters. The normalized spacial score (nSPS) is 11.7. The average Bonchev–Trinajstić information content (AvgIpc) is 3.35. The molecule has 0 radical (unpaired) electrons. The van der Waals surface area contributed by atoms with Crippen molar-refractivity contribution < 1.29 is 9.15 Å². The second-order valence-electron chi connectivity index (χ2n) is 8.31. The van der Waals surface area contributed by atoms with Gasteiger partial charge in [0.25, 0.3) is 11.4 Å². The van der Waals surface area contributed by atoms with E-state index in [1.165, 1.54) is 11.7 Å². The number of hydrogen-bond donors (Lipinski definition) is 0. The molecular formula is C28H23N5O3. The van der Waals surface area contributed by atoms with Gasteiger partial charge >= 0.3 is 0 Å². The predicted molar refractivity (Wildman–Crippen MR) is 137 cm³/mol. The number of para-hydroxylation sites is 2. The van der Waals surface area contributed by atoms with Crippen LogP contribution in [0.1, 0.15) is 22.7 Å². The van der Waals surface area contributed by atoms with Gasteiger partial charge in [0.1, 0.15) is 5.52 Å². The molecule has 5 aromatic rings. The molecule has 8 nitrogen and oxygen atoms in total. The highest BCUT2D eigenvalue weighted by Crippen LogP contribution is 2.34. The van der Waals surface area contributed by atoms with Crippen LogP contribution in [0.2, 0.25) is 0 Å². The predicted octanol–water partition coefficient (Wildman–Crippen LogP) is 4.69. The molecule has 36 heavy (non-hydrogen) atoms. The lowest BCUT2D eigenvalue weighted by Crippen LogP contribution is -2.33. The Kier molecular flexibility index (Phi) is 5.97. The van der Waals surface area contributed by atoms with E-state index >= 15 is 0 Å². The van der Waals surface area contributed by atoms with Crippen LogP contribution < -0.4 is 15.2 Å². The fourth-order valence-electron chi connectivity index (χ4n) is 4.36. The SMILES string of the molecule is COc1c(-c2nc3ccccc3o2)nc(N(C)C(c2ccccc2)c2cccc(C#N)c2)n(C)c1=O. The minimum absolute atomic E-state index is 0.0453. The van der Waals surface area contributed by atoms with E-state index in [9.17, 15) is 10.1 Å². The van der Waals surface area contributed by atoms with Crippen LogP contribution in [-0.2, 0) is 7.05 Å². The summed E-state index contributed by atoms with van der Waals surface area (Å²) < 4.78 is 12.8. The Morgan fingerprint density at radius 1 is 1.00 bits per heavy atom. The van der Waals surface area contributed by atoms with Gasteiger partial charge in [-0.1, -0.05) is 54.6 Å². The van der Waals surface area contributed by atoms with Crippen LogP contribution in [0.15, 0.2) is 88.1 Å². The number of fused-ring (bicyclic) bond motifs is 1. The first-order valence-electron chi connectivity index (χ1n) is 11.3. The third-order valence-electron chi connectivity index (χ3n) is 6.08. The van der Waals surface area contributed by atoms with Crippen LogP contribution >= 0.6 is 0 Å². The van der Waals surface area contributed by atoms with Crippen molar-refractivity contribution >= 4 is 17.0 Å². The minimum atomic E-state index is -0.371. The van der Waals surface area contributed by atoms with Crippen molar-refractivity contribution in [2.75, 3.05) is 19.1 Å². The number of rotatable bonds is 6. The second kappa shape index (κ2) is 9.39. The molecule has 2 aromatic heterocycles. The van der Waals surface area contributed by atoms with Gasteiger partial charge < -0.3 is 14.1 Å². The van der Waals surface area contributed by atoms with Gasteiger partial charge in [-0.3, -0.25) is 9.36 Å². The van der Waals surface area contributed by atoms with Crippen molar-refractivity contribution in [1.29, 1.82) is 5.26 Å². The number of oxazole rings is 1. The van der Waals surface area contributed by atoms with Gasteiger partial charge in [-0.05, 0) is 35.4 Å². The Morgan fingerprint density at radius 2 is 1.72 bits per heavy atom. The van der Waals surface area contributed by atoms with Crippen molar-refractivity contribution in [3.63, 3.8) is 0 Å². The Labute approximate surface area is 207 Å². The first kappa shape index (κ1) is 22.9. The average molecular weight is 478 g/mol. The second-order valence-corrected chi connectivity index (χ2v) is 8.31. The number of hydrogen-bond acceptors (Lipinski definition) is 7. The zero-order valence-electron chi connectivity index (χ0n) is 20.0. The minimum Gasteiger partial charge on any atom is -0.489 e. The number of nitrogens with zero attached hydrogens (tertiary/aromatic N) is 5. The van der Waals surface area contributed by atoms with E-state index in [2.05, 4.69) is 11.1 Å². The van der Waals surface area contributed by atoms with Gasteiger partial charge in [0.05, 0.1) is 24.8 Å². The molecule has 0 aliphatic heterocycles. The molecule has 8 heteroatoms. The quantitative estimate of drug-likeness (QED) is 0.350. The van der Waals surface area contributed by atoms with E-state index in [1.807, 2.05) is 78.7 Å². The zero-order chi connectivity index (χ0) is 25.2. The van der Waals surface area contributed by atoms with Crippen LogP contribution in [0.3, 0.4) is 0 Å². The van der Waals surface area contributed by atoms with Crippen molar-refractivity contribution in [2.24, 2.45) is 7.05 Å². The van der Waals surface area contributed by atoms with Gasteiger partial charge in [-0.25, -0.2) is 9.97 Å². The number of anilines is 1. The molecule has 0 aliphatic carbocycles. The van der Waals surface area contributed by atoms with Gasteiger partial charge in [-0.15, -0.1) is 0 Å². The van der Waals surface area contributed by atoms with E-state index in [0.717, 1.165) is 11.1 Å². The third-order valence-corrected chi connectivity index (χ3v) is 6.08. The molecule has 1 atom stereocenters. The van der Waals surface area contributed by atoms with Crippen LogP contribution in [0, 0.1) is 11.3 Å². The molecule has 0 spiro atoms. The van der Waals surface area contributed by atoms with Crippen LogP contribution in [0.4, 0.5) is 5.95 Å². The fraction of sp³-hybridized carbons (Fsp3) is 0.143. The lowest BCUT2D eigenvalue weighted by molar-refractivity contribution is 0.401. The van der Waals surface area contributed by atoms with E-state index in [4.69, 9.17) is 14.1 Å². The van der Waals surface area contributed by atoms with Crippen molar-refractivity contribution in [3.8, 4) is 23.4 Å². The maximum absolute atomic E-state index is 13.4. The largest absolute Gasteiger partial charge is 0.489 e. The Hall–Kier alpha value is -4.90. The van der Waals surface area contributed by atoms with Gasteiger partial charge in [0.2, 0.25) is 11.7 Å². The van der Waals surface area contributed by atoms with Crippen LogP contribution in [0.25, 0.3) is 22.7 Å². The lowest BCUT2D eigenvalue weighted by Gasteiger charge is -2.31. The molecule has 0 fully saturated rings. The van der Waals surface area contributed by atoms with E-state index in [-0.39, 0.29) is 28.9 Å². The highest BCUT2D eigenvalue weighted by atomic mass is 16.5. The lowest BCUT2D eigenvalue weighted by atomic mass is 9.96. The summed E-state index contributed by atoms with van der Waals surface area (Å²) in [6.45, 7) is 0. The van der Waals surface area contributed by atoms with E-state index in [1.54, 1.807) is 19.2 Å². The molecule has 0 aliphatic rings. The van der Waals surface area contributed by atoms with E-state index in [0.29, 0.717) is 22.6 Å². The van der Waals surface area contributed by atoms with Gasteiger partial charge in [0.15, 0.2) is 11.3 Å². The van der Waals surface area contributed by atoms with E-state index < -0.39 is 0 Å². The summed E-state index contributed by atoms with van der Waals surface area (Å²) in [7, 11) is 4.93. The fourth-order valence-corrected chi connectivity index (χ4v) is 4.36. The summed E-state index contributed by atoms with van der Waals surface area (Å²) >= 11 is 0. The van der Waals surface area contributed by atoms with Gasteiger partial charge in [0, 0.05) is 14.1 Å². The summed E-state index contributed by atoms with van der Waals surface area (Å²) in [6, 6.07) is 26.5. The molecule has 3 aromatic carbocycles. The highest BCUT2D eigenvalue weighted by Gasteiger charge is 2.27. The molecule has 0 bridgehead atoms. The van der Waals surface area contributed by atoms with Crippen LogP contribution in [0.5, 0.6) is 5.75 Å². The number of methoxy groups -OCH3 is 1. The third kappa shape index (κ3) is 3.97. The zero-order valence-corrected chi connectivity index (χ0v) is 20.0. The smallest absolute Gasteiger partial charge is 0.297 e. The first-order valence-corrected chi connectivity index (χ1v) is 11.3. The molecule has 0 saturated heterocycles. The number of benzene rings is 3. The summed E-state index contributed by atoms with van der Waals surface area (Å²) in [4.78, 5) is 24.7. The van der Waals surface area contributed by atoms with Gasteiger partial charge in [-0.2, -0.15) is 5.26 Å². The standard InChI is InChI=1S/C28H23N5O3/c1-32(24(19-11-5-4-6-12-19)20-13-9-10-18(16-20)17-29)28-31-23(25(35-3)27(34)33(28)2)26-30-21-14-7-8-15-22(21)36-26/h4-16,24H,1-3H3. The molecule has 5 rings (SSSR count). The summed E-state index contributed by atoms with van der Waals surface area (Å²) in [5, 5.41) is 9.48. The number of ether oxygens (including phenoxy) is 1. The summed E-state index contributed by atoms with van der Waals surface area (Å²) in [5.41, 5.74) is 3.50. The Balaban J connectivity index is 1.71. The Morgan fingerprint density at radius 3 is 2.44 bits per heavy atom. The van der Waals surface area contributed by atoms with Crippen LogP contribution in [-0.4, -0.2) is 28.7 Å². The summed E-state index contributed by atoms with van der Waals surface area (Å²) in [6.07, 6.45) is 0. The molecule has 0 N–H and O–H groups in total. The number of aromatic nitrogens is 3. The highest BCUT2D eigenvalue weighted by molar-refractivity contribution is 5.76. The molecule has 178 valence electrons. The number of nitriles is 1. The van der Waals surface area contributed by atoms with Crippen molar-refractivity contribution in [1.82, 2.24) is 14.5 Å². The van der Waals surface area contributed by atoms with Crippen molar-refractivity contribution in [2.45, 2.75) is 6.04 Å². The molecule has 0 amide bonds. The maximum atomic E-state index is 13.4. The first-order chi connectivity index (χ1) is 17.5. The molecule has 0 saturated carbocycles. The van der Waals surface area contributed by atoms with Crippen molar-refractivity contribution in [3.05, 3.63) is 106 Å². The maximum Gasteiger partial charge on any atom is 0.297 e. The topological polar surface area (TPSA) is 97.2 Å². The Bertz CT molecular complexity index is 1620. The molecular weight excluding hydrogens is 454 g/mol. The summed E-state index contributed by atoms with van der Waals surface area (Å²) in [5.74, 6) is 0.626. The molecule has 2 heterocycles.